The minimum Gasteiger partial charge on any atom is -0.382 e. The van der Waals surface area contributed by atoms with Crippen LogP contribution in [0.5, 0.6) is 0 Å². The largest absolute Gasteiger partial charge is 0.382 e. The number of halogens is 1. The van der Waals surface area contributed by atoms with Crippen molar-refractivity contribution in [3.8, 4) is 11.1 Å². The van der Waals surface area contributed by atoms with Gasteiger partial charge in [0.25, 0.3) is 11.8 Å². The molecule has 3 aromatic heterocycles. The third-order valence-corrected chi connectivity index (χ3v) is 10.6. The molecule has 0 spiro atoms. The first-order valence-electron chi connectivity index (χ1n) is 20.2. The number of nitrogens with one attached hydrogen (secondary N) is 3. The monoisotopic (exact) mass is 855 g/mol. The van der Waals surface area contributed by atoms with Crippen LogP contribution in [0.25, 0.3) is 35.4 Å². The summed E-state index contributed by atoms with van der Waals surface area (Å²) in [6.45, 7) is 11.5. The van der Waals surface area contributed by atoms with E-state index in [9.17, 15) is 19.2 Å². The van der Waals surface area contributed by atoms with Gasteiger partial charge in [-0.3, -0.25) is 39.1 Å². The molecule has 0 bridgehead atoms. The Morgan fingerprint density at radius 3 is 2.50 bits per heavy atom. The molecule has 7 rings (SSSR count). The lowest BCUT2D eigenvalue weighted by Crippen LogP contribution is -2.54. The second-order valence-corrected chi connectivity index (χ2v) is 14.9. The second-order valence-electron chi connectivity index (χ2n) is 14.5. The molecule has 0 saturated carbocycles. The number of nitrogens with zero attached hydrogens (tertiary/aromatic N) is 6. The molecule has 1 atom stereocenters. The zero-order chi connectivity index (χ0) is 43.4. The highest BCUT2D eigenvalue weighted by molar-refractivity contribution is 6.31. The van der Waals surface area contributed by atoms with Crippen LogP contribution in [0.2, 0.25) is 5.15 Å². The van der Waals surface area contributed by atoms with Crippen LogP contribution in [0.15, 0.2) is 86.3 Å². The summed E-state index contributed by atoms with van der Waals surface area (Å²) in [7, 11) is 0. The van der Waals surface area contributed by atoms with Crippen LogP contribution in [0.1, 0.15) is 73.6 Å². The number of carbonyl (C=O) groups excluding carboxylic acids is 4. The maximum Gasteiger partial charge on any atom is 0.264 e. The van der Waals surface area contributed by atoms with Gasteiger partial charge in [-0.25, -0.2) is 4.98 Å². The standard InChI is InChI=1S/C46H46ClN9O6/c1-3-31-11-9-30(23-32(31)4-2)10-12-33-24-35(26-51-43(33)47)34-13-14-36(50-25-34)27-48-17-6-19-55-28-37(53-54-55)29-62-22-21-61-20-18-49-39-8-5-7-38-42(39)46(60)56(45(38)59)40-15-16-41(57)52-44(40)58/h3-5,7-14,23-26,28,40,48-49H,1-2,6,15-22,27,29H2,(H,52,57,58)/b12-10+. The lowest BCUT2D eigenvalue weighted by Gasteiger charge is -2.27. The van der Waals surface area contributed by atoms with Gasteiger partial charge in [0.15, 0.2) is 0 Å². The molecule has 4 amide bonds. The number of carbonyl (C=O) groups is 4. The number of anilines is 1. The normalized spacial score (nSPS) is 15.0. The van der Waals surface area contributed by atoms with Crippen molar-refractivity contribution < 1.29 is 28.7 Å². The number of fused-ring (bicyclic) bond motifs is 1. The number of aryl methyl sites for hydroxylation is 1. The van der Waals surface area contributed by atoms with Crippen LogP contribution in [-0.4, -0.2) is 92.4 Å². The fraction of sp³-hybridized carbons (Fsp3) is 0.261. The van der Waals surface area contributed by atoms with Crippen molar-refractivity contribution in [3.05, 3.63) is 136 Å². The number of hydrogen-bond acceptors (Lipinski definition) is 12. The van der Waals surface area contributed by atoms with Gasteiger partial charge in [-0.1, -0.05) is 78.5 Å². The molecule has 2 aromatic carbocycles. The number of aromatic nitrogens is 5. The Bertz CT molecular complexity index is 2500. The number of ether oxygens (including phenoxy) is 2. The molecule has 0 radical (unpaired) electrons. The molecule has 5 aromatic rings. The molecule has 2 aliphatic rings. The molecule has 1 unspecified atom stereocenters. The summed E-state index contributed by atoms with van der Waals surface area (Å²) in [6, 6.07) is 16.0. The van der Waals surface area contributed by atoms with Crippen molar-refractivity contribution in [2.45, 2.75) is 45.0 Å². The quantitative estimate of drug-likeness (QED) is 0.0441. The van der Waals surface area contributed by atoms with Gasteiger partial charge in [0, 0.05) is 60.8 Å². The number of amides is 4. The lowest BCUT2D eigenvalue weighted by molar-refractivity contribution is -0.136. The van der Waals surface area contributed by atoms with Gasteiger partial charge >= 0.3 is 0 Å². The van der Waals surface area contributed by atoms with Crippen molar-refractivity contribution in [1.82, 2.24) is 40.5 Å². The average Bonchev–Trinajstić information content (AvgIpc) is 3.84. The van der Waals surface area contributed by atoms with Crippen molar-refractivity contribution in [2.24, 2.45) is 0 Å². The van der Waals surface area contributed by atoms with E-state index >= 15 is 0 Å². The lowest BCUT2D eigenvalue weighted by atomic mass is 10.0. The number of hydrogen-bond donors (Lipinski definition) is 3. The Kier molecular flexibility index (Phi) is 14.5. The Morgan fingerprint density at radius 2 is 1.69 bits per heavy atom. The minimum absolute atomic E-state index is 0.0607. The molecule has 62 heavy (non-hydrogen) atoms. The Balaban J connectivity index is 0.762. The maximum atomic E-state index is 13.2. The smallest absolute Gasteiger partial charge is 0.264 e. The molecule has 0 aliphatic carbocycles. The van der Waals surface area contributed by atoms with E-state index in [4.69, 9.17) is 21.1 Å². The van der Waals surface area contributed by atoms with E-state index in [1.54, 1.807) is 29.1 Å². The Morgan fingerprint density at radius 1 is 0.855 bits per heavy atom. The van der Waals surface area contributed by atoms with Crippen molar-refractivity contribution in [1.29, 1.82) is 0 Å². The summed E-state index contributed by atoms with van der Waals surface area (Å²) in [5, 5.41) is 17.6. The Hall–Kier alpha value is -6.65. The molecule has 16 heteroatoms. The van der Waals surface area contributed by atoms with Crippen LogP contribution in [0.3, 0.4) is 0 Å². The minimum atomic E-state index is -1.02. The second kappa shape index (κ2) is 20.7. The van der Waals surface area contributed by atoms with Gasteiger partial charge in [-0.2, -0.15) is 0 Å². The highest BCUT2D eigenvalue weighted by atomic mass is 35.5. The van der Waals surface area contributed by atoms with Gasteiger partial charge in [0.05, 0.1) is 49.4 Å². The number of imide groups is 2. The summed E-state index contributed by atoms with van der Waals surface area (Å²) >= 11 is 6.44. The van der Waals surface area contributed by atoms with Crippen LogP contribution in [-0.2, 0) is 38.8 Å². The highest BCUT2D eigenvalue weighted by Crippen LogP contribution is 2.32. The van der Waals surface area contributed by atoms with E-state index in [-0.39, 0.29) is 24.0 Å². The van der Waals surface area contributed by atoms with E-state index in [1.165, 1.54) is 0 Å². The molecule has 318 valence electrons. The van der Waals surface area contributed by atoms with E-state index in [1.807, 2.05) is 67.0 Å². The van der Waals surface area contributed by atoms with Gasteiger partial charge < -0.3 is 20.1 Å². The van der Waals surface area contributed by atoms with Crippen LogP contribution in [0, 0.1) is 0 Å². The first-order chi connectivity index (χ1) is 30.2. The van der Waals surface area contributed by atoms with E-state index in [2.05, 4.69) is 55.5 Å². The maximum absolute atomic E-state index is 13.2. The number of benzene rings is 2. The number of pyridine rings is 2. The van der Waals surface area contributed by atoms with E-state index in [0.29, 0.717) is 62.6 Å². The summed E-state index contributed by atoms with van der Waals surface area (Å²) in [4.78, 5) is 60.2. The molecule has 5 heterocycles. The fourth-order valence-corrected chi connectivity index (χ4v) is 7.26. The van der Waals surface area contributed by atoms with Gasteiger partial charge in [-0.15, -0.1) is 5.10 Å². The zero-order valence-electron chi connectivity index (χ0n) is 34.0. The molecular weight excluding hydrogens is 810 g/mol. The zero-order valence-corrected chi connectivity index (χ0v) is 34.8. The van der Waals surface area contributed by atoms with Gasteiger partial charge in [-0.05, 0) is 66.4 Å². The number of piperidine rings is 1. The first kappa shape index (κ1) is 43.4. The van der Waals surface area contributed by atoms with Crippen molar-refractivity contribution in [3.63, 3.8) is 0 Å². The van der Waals surface area contributed by atoms with Crippen molar-refractivity contribution >= 4 is 65.2 Å². The van der Waals surface area contributed by atoms with Crippen LogP contribution >= 0.6 is 11.6 Å². The van der Waals surface area contributed by atoms with Gasteiger partial charge in [0.1, 0.15) is 16.9 Å². The fourth-order valence-electron chi connectivity index (χ4n) is 7.10. The summed E-state index contributed by atoms with van der Waals surface area (Å²) in [5.74, 6) is -2.18. The van der Waals surface area contributed by atoms with Gasteiger partial charge in [0.2, 0.25) is 11.8 Å². The Labute approximate surface area is 363 Å². The first-order valence-corrected chi connectivity index (χ1v) is 20.6. The predicted molar refractivity (Wildman–Crippen MR) is 236 cm³/mol. The van der Waals surface area contributed by atoms with Crippen LogP contribution in [0.4, 0.5) is 5.69 Å². The number of rotatable bonds is 21. The summed E-state index contributed by atoms with van der Waals surface area (Å²) in [6.07, 6.45) is 14.0. The molecular formula is C46H46ClN9O6. The van der Waals surface area contributed by atoms with E-state index in [0.717, 1.165) is 56.9 Å². The van der Waals surface area contributed by atoms with Crippen LogP contribution < -0.4 is 16.0 Å². The molecule has 1 saturated heterocycles. The summed E-state index contributed by atoms with van der Waals surface area (Å²) in [5.41, 5.74) is 8.26. The SMILES string of the molecule is C=Cc1ccc(/C=C/c2cc(-c3ccc(CNCCCn4cc(COCCOCCNc5cccc6c5C(=O)N(C5CCC(=O)NC5=O)C6=O)nn4)nc3)cnc2Cl)cc1C=C. The molecule has 2 aliphatic heterocycles. The molecule has 15 nitrogen and oxygen atoms in total. The predicted octanol–water partition coefficient (Wildman–Crippen LogP) is 6.07. The van der Waals surface area contributed by atoms with Crippen molar-refractivity contribution in [2.75, 3.05) is 38.2 Å². The molecule has 1 fully saturated rings. The summed E-state index contributed by atoms with van der Waals surface area (Å²) < 4.78 is 13.2. The highest BCUT2D eigenvalue weighted by Gasteiger charge is 2.45. The van der Waals surface area contributed by atoms with E-state index < -0.39 is 29.7 Å². The molecule has 3 N–H and O–H groups in total. The third-order valence-electron chi connectivity index (χ3n) is 10.3. The third kappa shape index (κ3) is 10.6. The average molecular weight is 856 g/mol. The topological polar surface area (TPSA) is 183 Å².